The van der Waals surface area contributed by atoms with Gasteiger partial charge in [0.2, 0.25) is 0 Å². The second kappa shape index (κ2) is 6.21. The fourth-order valence-electron chi connectivity index (χ4n) is 1.66. The lowest BCUT2D eigenvalue weighted by atomic mass is 10.2. The first-order chi connectivity index (χ1) is 9.65. The molecule has 2 rings (SSSR count). The zero-order valence-corrected chi connectivity index (χ0v) is 11.9. The van der Waals surface area contributed by atoms with E-state index in [2.05, 4.69) is 10.6 Å². The van der Waals surface area contributed by atoms with Crippen LogP contribution in [0, 0.1) is 0 Å². The lowest BCUT2D eigenvalue weighted by molar-refractivity contribution is 0.0607. The maximum absolute atomic E-state index is 11.8. The van der Waals surface area contributed by atoms with E-state index in [4.69, 9.17) is 4.74 Å². The van der Waals surface area contributed by atoms with Crippen LogP contribution in [0.15, 0.2) is 36.4 Å². The van der Waals surface area contributed by atoms with Crippen LogP contribution in [0.25, 0.3) is 10.4 Å². The average Bonchev–Trinajstić information content (AvgIpc) is 2.91. The molecule has 1 heterocycles. The summed E-state index contributed by atoms with van der Waals surface area (Å²) in [6, 6.07) is 11.0. The van der Waals surface area contributed by atoms with Gasteiger partial charge < -0.3 is 15.4 Å². The van der Waals surface area contributed by atoms with Crippen molar-refractivity contribution in [3.05, 3.63) is 41.3 Å². The summed E-state index contributed by atoms with van der Waals surface area (Å²) in [5.41, 5.74) is 1.42. The number of hydrogen-bond acceptors (Lipinski definition) is 4. The molecule has 6 heteroatoms. The molecule has 0 radical (unpaired) electrons. The van der Waals surface area contributed by atoms with Crippen molar-refractivity contribution in [1.29, 1.82) is 0 Å². The van der Waals surface area contributed by atoms with Gasteiger partial charge in [0.05, 0.1) is 12.8 Å². The van der Waals surface area contributed by atoms with E-state index in [-0.39, 0.29) is 6.03 Å². The number of thiophene rings is 1. The minimum atomic E-state index is -0.469. The zero-order valence-electron chi connectivity index (χ0n) is 11.1. The Morgan fingerprint density at radius 2 is 1.90 bits per heavy atom. The normalized spacial score (nSPS) is 9.90. The SMILES string of the molecule is CNC(=O)Nc1cc(-c2ccccc2)sc1C(=O)OC. The van der Waals surface area contributed by atoms with Gasteiger partial charge in [-0.15, -0.1) is 11.3 Å². The number of urea groups is 1. The fourth-order valence-corrected chi connectivity index (χ4v) is 2.69. The van der Waals surface area contributed by atoms with Crippen LogP contribution in [-0.4, -0.2) is 26.2 Å². The lowest BCUT2D eigenvalue weighted by Crippen LogP contribution is -2.25. The summed E-state index contributed by atoms with van der Waals surface area (Å²) < 4.78 is 4.74. The average molecular weight is 290 g/mol. The third kappa shape index (κ3) is 2.97. The minimum Gasteiger partial charge on any atom is -0.465 e. The van der Waals surface area contributed by atoms with E-state index in [9.17, 15) is 9.59 Å². The quantitative estimate of drug-likeness (QED) is 0.854. The first-order valence-electron chi connectivity index (χ1n) is 5.92. The van der Waals surface area contributed by atoms with Gasteiger partial charge in [0.25, 0.3) is 0 Å². The number of carbonyl (C=O) groups excluding carboxylic acids is 2. The molecule has 0 saturated heterocycles. The topological polar surface area (TPSA) is 67.4 Å². The highest BCUT2D eigenvalue weighted by Crippen LogP contribution is 2.35. The van der Waals surface area contributed by atoms with E-state index in [0.717, 1.165) is 10.4 Å². The summed E-state index contributed by atoms with van der Waals surface area (Å²) in [6.45, 7) is 0. The van der Waals surface area contributed by atoms with Crippen molar-refractivity contribution in [3.63, 3.8) is 0 Å². The van der Waals surface area contributed by atoms with E-state index in [1.165, 1.54) is 25.5 Å². The van der Waals surface area contributed by atoms with E-state index < -0.39 is 5.97 Å². The summed E-state index contributed by atoms with van der Waals surface area (Å²) in [5, 5.41) is 5.07. The Hall–Kier alpha value is -2.34. The maximum atomic E-state index is 11.8. The number of amides is 2. The number of rotatable bonds is 3. The number of carbonyl (C=O) groups is 2. The molecule has 0 aliphatic heterocycles. The Bertz CT molecular complexity index is 623. The van der Waals surface area contributed by atoms with Gasteiger partial charge in [-0.2, -0.15) is 0 Å². The van der Waals surface area contributed by atoms with Gasteiger partial charge >= 0.3 is 12.0 Å². The van der Waals surface area contributed by atoms with Crippen LogP contribution in [-0.2, 0) is 4.74 Å². The molecule has 0 bridgehead atoms. The van der Waals surface area contributed by atoms with Crippen LogP contribution in [0.5, 0.6) is 0 Å². The molecular formula is C14H14N2O3S. The molecule has 2 aromatic rings. The second-order valence-electron chi connectivity index (χ2n) is 3.92. The van der Waals surface area contributed by atoms with Gasteiger partial charge in [-0.3, -0.25) is 0 Å². The molecule has 0 fully saturated rings. The number of nitrogens with one attached hydrogen (secondary N) is 2. The molecule has 1 aromatic heterocycles. The van der Waals surface area contributed by atoms with Crippen molar-refractivity contribution in [1.82, 2.24) is 5.32 Å². The number of ether oxygens (including phenoxy) is 1. The largest absolute Gasteiger partial charge is 0.465 e. The molecule has 1 aromatic carbocycles. The van der Waals surface area contributed by atoms with E-state index in [1.807, 2.05) is 30.3 Å². The molecule has 2 amide bonds. The van der Waals surface area contributed by atoms with Crippen molar-refractivity contribution >= 4 is 29.0 Å². The smallest absolute Gasteiger partial charge is 0.350 e. The third-order valence-electron chi connectivity index (χ3n) is 2.64. The summed E-state index contributed by atoms with van der Waals surface area (Å²) in [6.07, 6.45) is 0. The van der Waals surface area contributed by atoms with E-state index in [0.29, 0.717) is 10.6 Å². The van der Waals surface area contributed by atoms with Gasteiger partial charge in [0.15, 0.2) is 0 Å². The van der Waals surface area contributed by atoms with Gasteiger partial charge in [-0.05, 0) is 11.6 Å². The van der Waals surface area contributed by atoms with Crippen LogP contribution in [0.4, 0.5) is 10.5 Å². The number of anilines is 1. The van der Waals surface area contributed by atoms with Crippen LogP contribution in [0.2, 0.25) is 0 Å². The molecule has 0 unspecified atom stereocenters. The maximum Gasteiger partial charge on any atom is 0.350 e. The van der Waals surface area contributed by atoms with Gasteiger partial charge in [0, 0.05) is 11.9 Å². The van der Waals surface area contributed by atoms with Crippen LogP contribution in [0.1, 0.15) is 9.67 Å². The first kappa shape index (κ1) is 14.1. The van der Waals surface area contributed by atoms with Crippen molar-refractivity contribution < 1.29 is 14.3 Å². The molecule has 5 nitrogen and oxygen atoms in total. The Morgan fingerprint density at radius 3 is 2.50 bits per heavy atom. The number of hydrogen-bond donors (Lipinski definition) is 2. The third-order valence-corrected chi connectivity index (χ3v) is 3.80. The van der Waals surface area contributed by atoms with Crippen molar-refractivity contribution in [2.45, 2.75) is 0 Å². The summed E-state index contributed by atoms with van der Waals surface area (Å²) in [4.78, 5) is 24.4. The van der Waals surface area contributed by atoms with Crippen molar-refractivity contribution in [2.24, 2.45) is 0 Å². The minimum absolute atomic E-state index is 0.370. The molecule has 20 heavy (non-hydrogen) atoms. The van der Waals surface area contributed by atoms with Crippen molar-refractivity contribution in [3.8, 4) is 10.4 Å². The monoisotopic (exact) mass is 290 g/mol. The molecule has 0 atom stereocenters. The first-order valence-corrected chi connectivity index (χ1v) is 6.73. The lowest BCUT2D eigenvalue weighted by Gasteiger charge is -2.03. The van der Waals surface area contributed by atoms with Crippen LogP contribution >= 0.6 is 11.3 Å². The zero-order chi connectivity index (χ0) is 14.5. The molecule has 0 saturated carbocycles. The van der Waals surface area contributed by atoms with Crippen LogP contribution in [0.3, 0.4) is 0 Å². The number of benzene rings is 1. The van der Waals surface area contributed by atoms with Crippen LogP contribution < -0.4 is 10.6 Å². The predicted molar refractivity (Wildman–Crippen MR) is 79.2 cm³/mol. The number of methoxy groups -OCH3 is 1. The predicted octanol–water partition coefficient (Wildman–Crippen LogP) is 2.95. The molecule has 0 aliphatic rings. The Morgan fingerprint density at radius 1 is 1.20 bits per heavy atom. The Labute approximate surface area is 120 Å². The molecule has 0 spiro atoms. The Balaban J connectivity index is 2.41. The van der Waals surface area contributed by atoms with Gasteiger partial charge in [0.1, 0.15) is 4.88 Å². The highest BCUT2D eigenvalue weighted by molar-refractivity contribution is 7.18. The Kier molecular flexibility index (Phi) is 4.37. The van der Waals surface area contributed by atoms with Crippen molar-refractivity contribution in [2.75, 3.05) is 19.5 Å². The summed E-state index contributed by atoms with van der Waals surface area (Å²) in [5.74, 6) is -0.469. The molecule has 0 aliphatic carbocycles. The van der Waals surface area contributed by atoms with Gasteiger partial charge in [-0.25, -0.2) is 9.59 Å². The highest BCUT2D eigenvalue weighted by Gasteiger charge is 2.18. The fraction of sp³-hybridized carbons (Fsp3) is 0.143. The molecular weight excluding hydrogens is 276 g/mol. The van der Waals surface area contributed by atoms with E-state index >= 15 is 0 Å². The van der Waals surface area contributed by atoms with Gasteiger partial charge in [-0.1, -0.05) is 30.3 Å². The summed E-state index contributed by atoms with van der Waals surface area (Å²) in [7, 11) is 2.82. The second-order valence-corrected chi connectivity index (χ2v) is 4.97. The highest BCUT2D eigenvalue weighted by atomic mass is 32.1. The van der Waals surface area contributed by atoms with E-state index in [1.54, 1.807) is 6.07 Å². The summed E-state index contributed by atoms with van der Waals surface area (Å²) >= 11 is 1.28. The molecule has 2 N–H and O–H groups in total. The standard InChI is InChI=1S/C14H14N2O3S/c1-15-14(18)16-10-8-11(9-6-4-3-5-7-9)20-12(10)13(17)19-2/h3-8H,1-2H3,(H2,15,16,18). The number of esters is 1. The molecule has 104 valence electrons.